The van der Waals surface area contributed by atoms with Crippen molar-refractivity contribution in [2.45, 2.75) is 26.9 Å². The van der Waals surface area contributed by atoms with Crippen molar-refractivity contribution in [3.63, 3.8) is 0 Å². The predicted molar refractivity (Wildman–Crippen MR) is 109 cm³/mol. The second-order valence-corrected chi connectivity index (χ2v) is 7.69. The van der Waals surface area contributed by atoms with Crippen molar-refractivity contribution in [3.8, 4) is 5.75 Å². The first-order valence-corrected chi connectivity index (χ1v) is 9.99. The number of ether oxygens (including phenoxy) is 2. The van der Waals surface area contributed by atoms with Gasteiger partial charge in [0, 0.05) is 7.05 Å². The Bertz CT molecular complexity index is 1270. The first kappa shape index (κ1) is 19.1. The van der Waals surface area contributed by atoms with E-state index in [9.17, 15) is 9.59 Å². The highest BCUT2D eigenvalue weighted by Crippen LogP contribution is 2.20. The number of thiophene rings is 1. The Morgan fingerprint density at radius 1 is 1.21 bits per heavy atom. The second kappa shape index (κ2) is 7.67. The van der Waals surface area contributed by atoms with Crippen LogP contribution in [0, 0.1) is 13.8 Å². The lowest BCUT2D eigenvalue weighted by Gasteiger charge is -2.10. The molecular formula is C20H20N4O4S. The molecule has 0 atom stereocenters. The molecule has 0 aliphatic rings. The van der Waals surface area contributed by atoms with Gasteiger partial charge >= 0.3 is 5.97 Å². The summed E-state index contributed by atoms with van der Waals surface area (Å²) in [5, 5.41) is 10.0. The zero-order valence-electron chi connectivity index (χ0n) is 16.3. The Balaban J connectivity index is 1.43. The molecule has 0 spiro atoms. The minimum atomic E-state index is -0.390. The van der Waals surface area contributed by atoms with Crippen LogP contribution >= 0.6 is 11.3 Å². The number of benzene rings is 1. The molecule has 0 aliphatic heterocycles. The van der Waals surface area contributed by atoms with Gasteiger partial charge in [-0.3, -0.25) is 18.6 Å². The van der Waals surface area contributed by atoms with Crippen molar-refractivity contribution in [1.82, 2.24) is 19.2 Å². The molecule has 0 aliphatic carbocycles. The molecule has 4 aromatic rings. The van der Waals surface area contributed by atoms with Crippen molar-refractivity contribution in [1.29, 1.82) is 0 Å². The lowest BCUT2D eigenvalue weighted by molar-refractivity contribution is -0.145. The molecule has 0 radical (unpaired) electrons. The van der Waals surface area contributed by atoms with Gasteiger partial charge in [-0.05, 0) is 42.5 Å². The third kappa shape index (κ3) is 3.61. The van der Waals surface area contributed by atoms with Crippen LogP contribution in [0.1, 0.15) is 23.4 Å². The van der Waals surface area contributed by atoms with Crippen molar-refractivity contribution in [2.24, 2.45) is 7.05 Å². The zero-order chi connectivity index (χ0) is 20.5. The monoisotopic (exact) mass is 412 g/mol. The first-order chi connectivity index (χ1) is 14.0. The molecule has 8 nitrogen and oxygen atoms in total. The maximum atomic E-state index is 12.4. The fourth-order valence-corrected chi connectivity index (χ4v) is 3.92. The van der Waals surface area contributed by atoms with Gasteiger partial charge in [0.05, 0.1) is 18.5 Å². The van der Waals surface area contributed by atoms with Crippen molar-refractivity contribution in [3.05, 3.63) is 57.0 Å². The molecule has 0 unspecified atom stereocenters. The van der Waals surface area contributed by atoms with Crippen LogP contribution in [0.25, 0.3) is 16.0 Å². The Morgan fingerprint density at radius 3 is 2.86 bits per heavy atom. The summed E-state index contributed by atoms with van der Waals surface area (Å²) in [6.07, 6.45) is 0.121. The molecule has 0 amide bonds. The number of aromatic nitrogens is 4. The standard InChI is InChI=1S/C20H20N4O4S/c1-12-4-5-13(2)15(10-12)27-8-6-17(25)28-11-16-21-22-20-23(3)19(26)18-14(24(16)20)7-9-29-18/h4-5,7,9-10H,6,8,11H2,1-3H3. The Kier molecular flexibility index (Phi) is 5.06. The van der Waals surface area contributed by atoms with E-state index in [2.05, 4.69) is 10.2 Å². The van der Waals surface area contributed by atoms with E-state index in [1.165, 1.54) is 15.9 Å². The number of nitrogens with zero attached hydrogens (tertiary/aromatic N) is 4. The van der Waals surface area contributed by atoms with E-state index in [1.807, 2.05) is 43.5 Å². The quantitative estimate of drug-likeness (QED) is 0.453. The van der Waals surface area contributed by atoms with Crippen LogP contribution in [-0.4, -0.2) is 31.7 Å². The van der Waals surface area contributed by atoms with Crippen LogP contribution in [0.15, 0.2) is 34.4 Å². The van der Waals surface area contributed by atoms with Crippen LogP contribution in [0.5, 0.6) is 5.75 Å². The normalized spacial score (nSPS) is 11.3. The largest absolute Gasteiger partial charge is 0.493 e. The lowest BCUT2D eigenvalue weighted by Crippen LogP contribution is -2.19. The van der Waals surface area contributed by atoms with E-state index in [4.69, 9.17) is 9.47 Å². The average Bonchev–Trinajstić information content (AvgIpc) is 3.34. The summed E-state index contributed by atoms with van der Waals surface area (Å²) in [6, 6.07) is 7.78. The summed E-state index contributed by atoms with van der Waals surface area (Å²) in [6.45, 7) is 4.14. The fourth-order valence-electron chi connectivity index (χ4n) is 3.07. The highest BCUT2D eigenvalue weighted by Gasteiger charge is 2.16. The van der Waals surface area contributed by atoms with Gasteiger partial charge in [-0.25, -0.2) is 0 Å². The number of rotatable bonds is 6. The number of hydrogen-bond donors (Lipinski definition) is 0. The molecule has 3 aromatic heterocycles. The number of hydrogen-bond acceptors (Lipinski definition) is 7. The van der Waals surface area contributed by atoms with Gasteiger partial charge in [0.25, 0.3) is 5.56 Å². The average molecular weight is 412 g/mol. The van der Waals surface area contributed by atoms with E-state index in [0.717, 1.165) is 16.9 Å². The topological polar surface area (TPSA) is 87.7 Å². The highest BCUT2D eigenvalue weighted by atomic mass is 32.1. The summed E-state index contributed by atoms with van der Waals surface area (Å²) >= 11 is 1.36. The molecule has 4 rings (SSSR count). The third-order valence-electron chi connectivity index (χ3n) is 4.67. The van der Waals surface area contributed by atoms with E-state index < -0.39 is 5.97 Å². The third-order valence-corrected chi connectivity index (χ3v) is 5.56. The van der Waals surface area contributed by atoms with Crippen molar-refractivity contribution < 1.29 is 14.3 Å². The van der Waals surface area contributed by atoms with Gasteiger partial charge in [-0.2, -0.15) is 0 Å². The Labute approximate surface area is 170 Å². The van der Waals surface area contributed by atoms with Crippen LogP contribution in [-0.2, 0) is 23.2 Å². The van der Waals surface area contributed by atoms with E-state index in [1.54, 1.807) is 11.4 Å². The highest BCUT2D eigenvalue weighted by molar-refractivity contribution is 7.17. The number of carbonyl (C=O) groups is 1. The summed E-state index contributed by atoms with van der Waals surface area (Å²) in [5.74, 6) is 1.24. The maximum Gasteiger partial charge on any atom is 0.309 e. The van der Waals surface area contributed by atoms with Gasteiger partial charge in [-0.15, -0.1) is 21.5 Å². The van der Waals surface area contributed by atoms with E-state index in [-0.39, 0.29) is 25.2 Å². The Hall–Kier alpha value is -3.20. The summed E-state index contributed by atoms with van der Waals surface area (Å²) in [4.78, 5) is 24.5. The molecule has 1 aromatic carbocycles. The molecular weight excluding hydrogens is 392 g/mol. The van der Waals surface area contributed by atoms with Gasteiger partial charge in [-0.1, -0.05) is 12.1 Å². The molecule has 0 bridgehead atoms. The minimum Gasteiger partial charge on any atom is -0.493 e. The van der Waals surface area contributed by atoms with Crippen LogP contribution in [0.4, 0.5) is 0 Å². The molecule has 0 saturated heterocycles. The SMILES string of the molecule is Cc1ccc(C)c(OCCC(=O)OCc2nnc3n(C)c(=O)c4sccc4n23)c1. The number of carbonyl (C=O) groups excluding carboxylic acids is 1. The van der Waals surface area contributed by atoms with Crippen LogP contribution < -0.4 is 10.3 Å². The number of esters is 1. The van der Waals surface area contributed by atoms with Crippen LogP contribution in [0.2, 0.25) is 0 Å². The zero-order valence-corrected chi connectivity index (χ0v) is 17.2. The predicted octanol–water partition coefficient (Wildman–Crippen LogP) is 2.77. The summed E-state index contributed by atoms with van der Waals surface area (Å²) in [5.41, 5.74) is 2.70. The molecule has 0 N–H and O–H groups in total. The maximum absolute atomic E-state index is 12.4. The number of fused-ring (bicyclic) bond motifs is 3. The van der Waals surface area contributed by atoms with Crippen molar-refractivity contribution >= 4 is 33.3 Å². The van der Waals surface area contributed by atoms with Gasteiger partial charge in [0.1, 0.15) is 10.4 Å². The molecule has 150 valence electrons. The summed E-state index contributed by atoms with van der Waals surface area (Å²) in [7, 11) is 1.64. The minimum absolute atomic E-state index is 0.0351. The first-order valence-electron chi connectivity index (χ1n) is 9.11. The molecule has 3 heterocycles. The summed E-state index contributed by atoms with van der Waals surface area (Å²) < 4.78 is 14.8. The lowest BCUT2D eigenvalue weighted by atomic mass is 10.1. The van der Waals surface area contributed by atoms with Gasteiger partial charge in [0.2, 0.25) is 5.78 Å². The molecule has 9 heteroatoms. The van der Waals surface area contributed by atoms with E-state index in [0.29, 0.717) is 21.8 Å². The molecule has 0 fully saturated rings. The second-order valence-electron chi connectivity index (χ2n) is 6.78. The smallest absolute Gasteiger partial charge is 0.309 e. The number of aryl methyl sites for hydroxylation is 3. The molecule has 29 heavy (non-hydrogen) atoms. The molecule has 0 saturated carbocycles. The van der Waals surface area contributed by atoms with E-state index >= 15 is 0 Å². The van der Waals surface area contributed by atoms with Crippen molar-refractivity contribution in [2.75, 3.05) is 6.61 Å². The van der Waals surface area contributed by atoms with Gasteiger partial charge in [0.15, 0.2) is 12.4 Å². The fraction of sp³-hybridized carbons (Fsp3) is 0.300. The van der Waals surface area contributed by atoms with Gasteiger partial charge < -0.3 is 9.47 Å². The Morgan fingerprint density at radius 2 is 2.03 bits per heavy atom. The van der Waals surface area contributed by atoms with Crippen LogP contribution in [0.3, 0.4) is 0 Å².